The number of sulfonamides is 1. The fourth-order valence-corrected chi connectivity index (χ4v) is 5.78. The van der Waals surface area contributed by atoms with Crippen LogP contribution in [0.4, 0.5) is 5.13 Å². The Balaban J connectivity index is 1.66. The molecule has 10 heteroatoms. The molecular weight excluding hydrogens is 496 g/mol. The Morgan fingerprint density at radius 3 is 2.53 bits per heavy atom. The molecule has 0 saturated heterocycles. The minimum absolute atomic E-state index is 0.154. The fourth-order valence-electron chi connectivity index (χ4n) is 3.62. The first-order chi connectivity index (χ1) is 17.3. The third kappa shape index (κ3) is 5.56. The van der Waals surface area contributed by atoms with Crippen molar-refractivity contribution in [3.05, 3.63) is 78.1 Å². The highest BCUT2D eigenvalue weighted by Crippen LogP contribution is 2.33. The molecule has 2 aromatic heterocycles. The van der Waals surface area contributed by atoms with Crippen LogP contribution in [-0.2, 0) is 16.6 Å². The van der Waals surface area contributed by atoms with Gasteiger partial charge in [-0.3, -0.25) is 14.7 Å². The molecule has 0 aliphatic carbocycles. The Hall–Kier alpha value is -3.34. The van der Waals surface area contributed by atoms with Gasteiger partial charge in [-0.2, -0.15) is 0 Å². The molecule has 36 heavy (non-hydrogen) atoms. The van der Waals surface area contributed by atoms with Gasteiger partial charge in [0, 0.05) is 31.4 Å². The van der Waals surface area contributed by atoms with Crippen molar-refractivity contribution in [2.45, 2.75) is 31.2 Å². The quantitative estimate of drug-likeness (QED) is 0.291. The Labute approximate surface area is 215 Å². The van der Waals surface area contributed by atoms with E-state index in [-0.39, 0.29) is 17.3 Å². The lowest BCUT2D eigenvalue weighted by atomic mass is 10.2. The van der Waals surface area contributed by atoms with Gasteiger partial charge in [0.1, 0.15) is 5.75 Å². The zero-order chi connectivity index (χ0) is 25.7. The Morgan fingerprint density at radius 1 is 1.08 bits per heavy atom. The number of anilines is 1. The number of unbranched alkanes of at least 4 members (excludes halogenated alkanes) is 1. The molecule has 0 spiro atoms. The number of thiazole rings is 1. The standard InChI is InChI=1S/C26H28N4O4S2/c1-4-5-16-29(2)36(32,33)22-12-9-19(10-13-22)25(31)30(18-20-8-6-7-15-27-20)26-28-23-17-21(34-3)11-14-24(23)35-26/h6-15,17H,4-5,16,18H2,1-3H3. The van der Waals surface area contributed by atoms with Gasteiger partial charge < -0.3 is 4.74 Å². The van der Waals surface area contributed by atoms with Crippen LogP contribution in [0.2, 0.25) is 0 Å². The van der Waals surface area contributed by atoms with Crippen LogP contribution in [0.5, 0.6) is 5.75 Å². The SMILES string of the molecule is CCCCN(C)S(=O)(=O)c1ccc(C(=O)N(Cc2ccccn2)c2nc3cc(OC)ccc3s2)cc1. The smallest absolute Gasteiger partial charge is 0.260 e. The van der Waals surface area contributed by atoms with Gasteiger partial charge in [-0.1, -0.05) is 30.7 Å². The van der Waals surface area contributed by atoms with E-state index in [9.17, 15) is 13.2 Å². The van der Waals surface area contributed by atoms with E-state index in [1.807, 2.05) is 43.3 Å². The van der Waals surface area contributed by atoms with Crippen LogP contribution in [0.1, 0.15) is 35.8 Å². The largest absolute Gasteiger partial charge is 0.497 e. The number of hydrogen-bond acceptors (Lipinski definition) is 7. The highest BCUT2D eigenvalue weighted by atomic mass is 32.2. The maximum atomic E-state index is 13.7. The molecule has 8 nitrogen and oxygen atoms in total. The number of benzene rings is 2. The minimum Gasteiger partial charge on any atom is -0.497 e. The predicted octanol–water partition coefficient (Wildman–Crippen LogP) is 4.97. The van der Waals surface area contributed by atoms with Gasteiger partial charge in [-0.05, 0) is 55.0 Å². The normalized spacial score (nSPS) is 11.7. The molecule has 0 radical (unpaired) electrons. The lowest BCUT2D eigenvalue weighted by Gasteiger charge is -2.20. The summed E-state index contributed by atoms with van der Waals surface area (Å²) in [5.41, 5.74) is 1.79. The molecule has 0 fully saturated rings. The van der Waals surface area contributed by atoms with E-state index < -0.39 is 10.0 Å². The first kappa shape index (κ1) is 25.7. The Bertz CT molecular complexity index is 1440. The third-order valence-electron chi connectivity index (χ3n) is 5.74. The number of ether oxygens (including phenoxy) is 1. The summed E-state index contributed by atoms with van der Waals surface area (Å²) in [6.07, 6.45) is 3.36. The van der Waals surface area contributed by atoms with Crippen LogP contribution in [0.25, 0.3) is 10.2 Å². The summed E-state index contributed by atoms with van der Waals surface area (Å²) in [6.45, 7) is 2.68. The number of fused-ring (bicyclic) bond motifs is 1. The number of methoxy groups -OCH3 is 1. The van der Waals surface area contributed by atoms with Crippen LogP contribution in [0, 0.1) is 0 Å². The summed E-state index contributed by atoms with van der Waals surface area (Å²) in [5, 5.41) is 0.518. The van der Waals surface area contributed by atoms with E-state index in [1.165, 1.54) is 27.8 Å². The summed E-state index contributed by atoms with van der Waals surface area (Å²) in [4.78, 5) is 24.4. The number of amides is 1. The van der Waals surface area contributed by atoms with Crippen molar-refractivity contribution in [1.82, 2.24) is 14.3 Å². The lowest BCUT2D eigenvalue weighted by Crippen LogP contribution is -2.31. The van der Waals surface area contributed by atoms with Crippen molar-refractivity contribution >= 4 is 42.6 Å². The van der Waals surface area contributed by atoms with Crippen LogP contribution in [0.15, 0.2) is 71.8 Å². The molecule has 0 atom stereocenters. The van der Waals surface area contributed by atoms with E-state index in [4.69, 9.17) is 4.74 Å². The number of carbonyl (C=O) groups is 1. The van der Waals surface area contributed by atoms with E-state index in [2.05, 4.69) is 9.97 Å². The fraction of sp³-hybridized carbons (Fsp3) is 0.269. The molecule has 4 rings (SSSR count). The van der Waals surface area contributed by atoms with Crippen molar-refractivity contribution in [3.63, 3.8) is 0 Å². The zero-order valence-electron chi connectivity index (χ0n) is 20.4. The molecule has 0 unspecified atom stereocenters. The van der Waals surface area contributed by atoms with E-state index >= 15 is 0 Å². The average molecular weight is 525 g/mol. The number of rotatable bonds is 10. The van der Waals surface area contributed by atoms with Crippen molar-refractivity contribution in [1.29, 1.82) is 0 Å². The molecule has 0 N–H and O–H groups in total. The maximum Gasteiger partial charge on any atom is 0.260 e. The van der Waals surface area contributed by atoms with Gasteiger partial charge in [0.05, 0.1) is 34.5 Å². The van der Waals surface area contributed by atoms with Crippen molar-refractivity contribution < 1.29 is 17.9 Å². The Kier molecular flexibility index (Phi) is 7.97. The van der Waals surface area contributed by atoms with E-state index in [0.717, 1.165) is 23.1 Å². The summed E-state index contributed by atoms with van der Waals surface area (Å²) in [5.74, 6) is 0.387. The maximum absolute atomic E-state index is 13.7. The summed E-state index contributed by atoms with van der Waals surface area (Å²) < 4.78 is 33.3. The van der Waals surface area contributed by atoms with Crippen molar-refractivity contribution in [2.24, 2.45) is 0 Å². The second-order valence-electron chi connectivity index (χ2n) is 8.25. The zero-order valence-corrected chi connectivity index (χ0v) is 22.1. The number of hydrogen-bond donors (Lipinski definition) is 0. The van der Waals surface area contributed by atoms with Crippen molar-refractivity contribution in [2.75, 3.05) is 25.6 Å². The first-order valence-corrected chi connectivity index (χ1v) is 13.8. The number of nitrogens with zero attached hydrogens (tertiary/aromatic N) is 4. The molecule has 0 aliphatic rings. The molecule has 0 saturated carbocycles. The van der Waals surface area contributed by atoms with Crippen molar-refractivity contribution in [3.8, 4) is 5.75 Å². The lowest BCUT2D eigenvalue weighted by molar-refractivity contribution is 0.0984. The molecule has 1 amide bonds. The summed E-state index contributed by atoms with van der Waals surface area (Å²) in [6, 6.07) is 17.2. The van der Waals surface area contributed by atoms with Gasteiger partial charge in [-0.25, -0.2) is 17.7 Å². The van der Waals surface area contributed by atoms with Crippen LogP contribution < -0.4 is 9.64 Å². The van der Waals surface area contributed by atoms with Gasteiger partial charge in [0.15, 0.2) is 5.13 Å². The minimum atomic E-state index is -3.62. The molecule has 4 aromatic rings. The first-order valence-electron chi connectivity index (χ1n) is 11.6. The molecule has 2 aromatic carbocycles. The van der Waals surface area contributed by atoms with Crippen LogP contribution in [0.3, 0.4) is 0 Å². The van der Waals surface area contributed by atoms with Gasteiger partial charge in [-0.15, -0.1) is 0 Å². The number of carbonyl (C=O) groups excluding carboxylic acids is 1. The van der Waals surface area contributed by atoms with Gasteiger partial charge >= 0.3 is 0 Å². The van der Waals surface area contributed by atoms with Gasteiger partial charge in [0.25, 0.3) is 5.91 Å². The molecular formula is C26H28N4O4S2. The van der Waals surface area contributed by atoms with E-state index in [0.29, 0.717) is 28.7 Å². The molecule has 0 bridgehead atoms. The number of pyridine rings is 1. The molecule has 2 heterocycles. The monoisotopic (exact) mass is 524 g/mol. The van der Waals surface area contributed by atoms with Crippen LogP contribution >= 0.6 is 11.3 Å². The third-order valence-corrected chi connectivity index (χ3v) is 8.67. The highest BCUT2D eigenvalue weighted by Gasteiger charge is 2.24. The van der Waals surface area contributed by atoms with Crippen LogP contribution in [-0.4, -0.2) is 49.3 Å². The summed E-state index contributed by atoms with van der Waals surface area (Å²) in [7, 11) is -0.458. The highest BCUT2D eigenvalue weighted by molar-refractivity contribution is 7.89. The topological polar surface area (TPSA) is 92.7 Å². The molecule has 0 aliphatic heterocycles. The Morgan fingerprint density at radius 2 is 1.86 bits per heavy atom. The average Bonchev–Trinajstić information content (AvgIpc) is 3.33. The van der Waals surface area contributed by atoms with E-state index in [1.54, 1.807) is 37.4 Å². The summed E-state index contributed by atoms with van der Waals surface area (Å²) >= 11 is 1.39. The van der Waals surface area contributed by atoms with Gasteiger partial charge in [0.2, 0.25) is 10.0 Å². The molecule has 188 valence electrons. The predicted molar refractivity (Wildman–Crippen MR) is 142 cm³/mol. The second kappa shape index (κ2) is 11.2. The second-order valence-corrected chi connectivity index (χ2v) is 11.3. The number of aromatic nitrogens is 2.